The van der Waals surface area contributed by atoms with Gasteiger partial charge in [-0.05, 0) is 43.4 Å². The first-order valence-electron chi connectivity index (χ1n) is 10.9. The lowest BCUT2D eigenvalue weighted by Gasteiger charge is -2.33. The van der Waals surface area contributed by atoms with Gasteiger partial charge in [0.05, 0.1) is 19.1 Å². The molecule has 2 amide bonds. The van der Waals surface area contributed by atoms with E-state index in [1.54, 1.807) is 7.11 Å². The number of hydrogen-bond acceptors (Lipinski definition) is 3. The molecule has 5 nitrogen and oxygen atoms in total. The van der Waals surface area contributed by atoms with Gasteiger partial charge in [-0.25, -0.2) is 0 Å². The third-order valence-electron chi connectivity index (χ3n) is 6.81. The second kappa shape index (κ2) is 8.54. The van der Waals surface area contributed by atoms with Gasteiger partial charge in [0.25, 0.3) is 0 Å². The summed E-state index contributed by atoms with van der Waals surface area (Å²) in [7, 11) is 1.67. The third-order valence-corrected chi connectivity index (χ3v) is 6.81. The Kier molecular flexibility index (Phi) is 5.88. The lowest BCUT2D eigenvalue weighted by atomic mass is 9.98. The van der Waals surface area contributed by atoms with E-state index in [1.807, 2.05) is 17.0 Å². The van der Waals surface area contributed by atoms with Gasteiger partial charge in [0.15, 0.2) is 0 Å². The van der Waals surface area contributed by atoms with Crippen molar-refractivity contribution in [2.24, 2.45) is 5.92 Å². The molecule has 4 rings (SSSR count). The normalized spacial score (nSPS) is 26.5. The molecule has 1 aromatic rings. The lowest BCUT2D eigenvalue weighted by Crippen LogP contribution is -2.41. The van der Waals surface area contributed by atoms with Crippen molar-refractivity contribution in [3.63, 3.8) is 0 Å². The molecule has 3 fully saturated rings. The second-order valence-electron chi connectivity index (χ2n) is 8.56. The predicted molar refractivity (Wildman–Crippen MR) is 108 cm³/mol. The van der Waals surface area contributed by atoms with Crippen LogP contribution < -0.4 is 4.74 Å². The second-order valence-corrected chi connectivity index (χ2v) is 8.56. The van der Waals surface area contributed by atoms with E-state index >= 15 is 0 Å². The molecule has 2 heterocycles. The van der Waals surface area contributed by atoms with E-state index in [-0.39, 0.29) is 23.8 Å². The molecule has 2 atom stereocenters. The molecule has 0 spiro atoms. The number of rotatable bonds is 4. The lowest BCUT2D eigenvalue weighted by molar-refractivity contribution is -0.138. The monoisotopic (exact) mass is 384 g/mol. The van der Waals surface area contributed by atoms with E-state index in [9.17, 15) is 9.59 Å². The van der Waals surface area contributed by atoms with Crippen LogP contribution in [0.15, 0.2) is 24.3 Å². The fourth-order valence-electron chi connectivity index (χ4n) is 5.25. The first-order chi connectivity index (χ1) is 13.7. The van der Waals surface area contributed by atoms with E-state index in [2.05, 4.69) is 17.0 Å². The van der Waals surface area contributed by atoms with Crippen LogP contribution in [-0.4, -0.2) is 47.9 Å². The average Bonchev–Trinajstić information content (AvgIpc) is 3.31. The molecule has 1 aliphatic carbocycles. The fourth-order valence-corrected chi connectivity index (χ4v) is 5.25. The van der Waals surface area contributed by atoms with Crippen molar-refractivity contribution in [2.45, 2.75) is 69.9 Å². The Morgan fingerprint density at radius 2 is 1.71 bits per heavy atom. The number of carbonyl (C=O) groups excluding carboxylic acids is 2. The summed E-state index contributed by atoms with van der Waals surface area (Å²) >= 11 is 0. The van der Waals surface area contributed by atoms with Gasteiger partial charge < -0.3 is 14.5 Å². The Morgan fingerprint density at radius 1 is 1.00 bits per heavy atom. The standard InChI is InChI=1S/C23H32N2O3/c1-28-20-12-10-17(11-13-20)21-9-3-2-6-14-24(21)23(27)18-15-22(26)25(16-18)19-7-4-5-8-19/h10-13,18-19,21H,2-9,14-16H2,1H3/t18-,21+/m1/s1. The smallest absolute Gasteiger partial charge is 0.228 e. The van der Waals surface area contributed by atoms with Crippen LogP contribution in [0.4, 0.5) is 0 Å². The van der Waals surface area contributed by atoms with Gasteiger partial charge in [0, 0.05) is 25.6 Å². The molecule has 1 aromatic carbocycles. The van der Waals surface area contributed by atoms with E-state index in [1.165, 1.54) is 18.4 Å². The van der Waals surface area contributed by atoms with Crippen LogP contribution in [0.1, 0.15) is 69.4 Å². The quantitative estimate of drug-likeness (QED) is 0.790. The Hall–Kier alpha value is -2.04. The van der Waals surface area contributed by atoms with Crippen LogP contribution in [0.2, 0.25) is 0 Å². The Balaban J connectivity index is 1.50. The van der Waals surface area contributed by atoms with Crippen LogP contribution in [0.5, 0.6) is 5.75 Å². The molecule has 1 saturated carbocycles. The van der Waals surface area contributed by atoms with Crippen molar-refractivity contribution < 1.29 is 14.3 Å². The predicted octanol–water partition coefficient (Wildman–Crippen LogP) is 3.93. The molecule has 0 radical (unpaired) electrons. The molecule has 152 valence electrons. The molecular formula is C23H32N2O3. The molecule has 2 saturated heterocycles. The molecule has 2 aliphatic heterocycles. The van der Waals surface area contributed by atoms with E-state index in [0.29, 0.717) is 19.0 Å². The first kappa shape index (κ1) is 19.3. The van der Waals surface area contributed by atoms with Gasteiger partial charge in [-0.2, -0.15) is 0 Å². The summed E-state index contributed by atoms with van der Waals surface area (Å²) in [6, 6.07) is 8.59. The number of nitrogens with zero attached hydrogens (tertiary/aromatic N) is 2. The van der Waals surface area contributed by atoms with Crippen LogP contribution in [0.3, 0.4) is 0 Å². The molecule has 3 aliphatic rings. The van der Waals surface area contributed by atoms with Gasteiger partial charge in [0.1, 0.15) is 5.75 Å². The molecular weight excluding hydrogens is 352 g/mol. The molecule has 0 bridgehead atoms. The number of methoxy groups -OCH3 is 1. The fraction of sp³-hybridized carbons (Fsp3) is 0.652. The highest BCUT2D eigenvalue weighted by atomic mass is 16.5. The Bertz CT molecular complexity index is 696. The van der Waals surface area contributed by atoms with E-state index in [0.717, 1.165) is 50.8 Å². The first-order valence-corrected chi connectivity index (χ1v) is 10.9. The summed E-state index contributed by atoms with van der Waals surface area (Å²) in [5.74, 6) is 1.02. The number of likely N-dealkylation sites (tertiary alicyclic amines) is 2. The van der Waals surface area contributed by atoms with Crippen molar-refractivity contribution in [1.82, 2.24) is 9.80 Å². The zero-order valence-corrected chi connectivity index (χ0v) is 16.9. The SMILES string of the molecule is COc1ccc([C@@H]2CCCCCN2C(=O)[C@@H]2CC(=O)N(C3CCCC3)C2)cc1. The summed E-state index contributed by atoms with van der Waals surface area (Å²) in [5, 5.41) is 0. The molecule has 0 unspecified atom stereocenters. The number of hydrogen-bond donors (Lipinski definition) is 0. The van der Waals surface area contributed by atoms with Crippen LogP contribution in [-0.2, 0) is 9.59 Å². The molecule has 28 heavy (non-hydrogen) atoms. The number of ether oxygens (including phenoxy) is 1. The van der Waals surface area contributed by atoms with Crippen molar-refractivity contribution in [3.05, 3.63) is 29.8 Å². The number of benzene rings is 1. The highest BCUT2D eigenvalue weighted by molar-refractivity contribution is 5.89. The van der Waals surface area contributed by atoms with Gasteiger partial charge >= 0.3 is 0 Å². The molecule has 0 aromatic heterocycles. The van der Waals surface area contributed by atoms with Gasteiger partial charge in [-0.1, -0.05) is 37.8 Å². The minimum Gasteiger partial charge on any atom is -0.497 e. The zero-order chi connectivity index (χ0) is 19.5. The average molecular weight is 385 g/mol. The topological polar surface area (TPSA) is 49.9 Å². The molecule has 5 heteroatoms. The third kappa shape index (κ3) is 3.89. The summed E-state index contributed by atoms with van der Waals surface area (Å²) in [6.07, 6.45) is 9.34. The largest absolute Gasteiger partial charge is 0.497 e. The number of amides is 2. The van der Waals surface area contributed by atoms with E-state index in [4.69, 9.17) is 4.74 Å². The highest BCUT2D eigenvalue weighted by Gasteiger charge is 2.41. The maximum atomic E-state index is 13.5. The summed E-state index contributed by atoms with van der Waals surface area (Å²) in [6.45, 7) is 1.41. The summed E-state index contributed by atoms with van der Waals surface area (Å²) in [4.78, 5) is 30.2. The Labute approximate surface area is 168 Å². The van der Waals surface area contributed by atoms with Crippen LogP contribution >= 0.6 is 0 Å². The van der Waals surface area contributed by atoms with Crippen molar-refractivity contribution in [1.29, 1.82) is 0 Å². The summed E-state index contributed by atoms with van der Waals surface area (Å²) < 4.78 is 5.29. The Morgan fingerprint density at radius 3 is 2.43 bits per heavy atom. The van der Waals surface area contributed by atoms with Crippen molar-refractivity contribution in [2.75, 3.05) is 20.2 Å². The van der Waals surface area contributed by atoms with Crippen LogP contribution in [0.25, 0.3) is 0 Å². The maximum absolute atomic E-state index is 13.5. The minimum atomic E-state index is -0.174. The van der Waals surface area contributed by atoms with Crippen LogP contribution in [0, 0.1) is 5.92 Å². The van der Waals surface area contributed by atoms with Gasteiger partial charge in [-0.3, -0.25) is 9.59 Å². The van der Waals surface area contributed by atoms with Gasteiger partial charge in [0.2, 0.25) is 11.8 Å². The van der Waals surface area contributed by atoms with Gasteiger partial charge in [-0.15, -0.1) is 0 Å². The van der Waals surface area contributed by atoms with E-state index < -0.39 is 0 Å². The number of carbonyl (C=O) groups is 2. The zero-order valence-electron chi connectivity index (χ0n) is 16.9. The minimum absolute atomic E-state index is 0.108. The maximum Gasteiger partial charge on any atom is 0.228 e. The van der Waals surface area contributed by atoms with Crippen molar-refractivity contribution in [3.8, 4) is 5.75 Å². The van der Waals surface area contributed by atoms with Crippen molar-refractivity contribution >= 4 is 11.8 Å². The molecule has 0 N–H and O–H groups in total. The highest BCUT2D eigenvalue weighted by Crippen LogP contribution is 2.35. The summed E-state index contributed by atoms with van der Waals surface area (Å²) in [5.41, 5.74) is 1.17.